The molecule has 1 aromatic rings. The highest BCUT2D eigenvalue weighted by atomic mass is 16.3. The van der Waals surface area contributed by atoms with E-state index in [-0.39, 0.29) is 11.8 Å². The van der Waals surface area contributed by atoms with Crippen LogP contribution in [0.2, 0.25) is 0 Å². The summed E-state index contributed by atoms with van der Waals surface area (Å²) in [6.07, 6.45) is 2.57. The standard InChI is InChI=1S/C15H22N2O3/c1-10-9-20-11(2)14(10)15(19)16(4)7-13-5-6-17(8-13)12(3)18/h9,13H,5-8H2,1-4H3. The summed E-state index contributed by atoms with van der Waals surface area (Å²) < 4.78 is 5.28. The molecule has 0 aliphatic carbocycles. The van der Waals surface area contributed by atoms with Crippen LogP contribution >= 0.6 is 0 Å². The van der Waals surface area contributed by atoms with Crippen LogP contribution in [0.25, 0.3) is 0 Å². The van der Waals surface area contributed by atoms with Crippen molar-refractivity contribution in [3.8, 4) is 0 Å². The Kier molecular flexibility index (Phi) is 4.16. The molecule has 0 bridgehead atoms. The summed E-state index contributed by atoms with van der Waals surface area (Å²) in [7, 11) is 1.81. The van der Waals surface area contributed by atoms with Crippen molar-refractivity contribution in [3.63, 3.8) is 0 Å². The average Bonchev–Trinajstić information content (AvgIpc) is 2.96. The number of carbonyl (C=O) groups excluding carboxylic acids is 2. The summed E-state index contributed by atoms with van der Waals surface area (Å²) in [6, 6.07) is 0. The van der Waals surface area contributed by atoms with Gasteiger partial charge >= 0.3 is 0 Å². The van der Waals surface area contributed by atoms with Crippen molar-refractivity contribution < 1.29 is 14.0 Å². The largest absolute Gasteiger partial charge is 0.469 e. The van der Waals surface area contributed by atoms with Crippen molar-refractivity contribution in [2.24, 2.45) is 5.92 Å². The smallest absolute Gasteiger partial charge is 0.257 e. The summed E-state index contributed by atoms with van der Waals surface area (Å²) in [5.74, 6) is 1.13. The van der Waals surface area contributed by atoms with Crippen LogP contribution in [0.1, 0.15) is 35.0 Å². The molecule has 20 heavy (non-hydrogen) atoms. The highest BCUT2D eigenvalue weighted by Gasteiger charge is 2.27. The molecule has 1 aliphatic rings. The number of hydrogen-bond donors (Lipinski definition) is 0. The Balaban J connectivity index is 1.97. The fourth-order valence-corrected chi connectivity index (χ4v) is 2.82. The van der Waals surface area contributed by atoms with Crippen LogP contribution < -0.4 is 0 Å². The molecule has 1 aliphatic heterocycles. The molecule has 1 saturated heterocycles. The van der Waals surface area contributed by atoms with Crippen LogP contribution in [-0.4, -0.2) is 48.3 Å². The van der Waals surface area contributed by atoms with Gasteiger partial charge in [-0.2, -0.15) is 0 Å². The molecule has 110 valence electrons. The molecule has 1 fully saturated rings. The third-order valence-corrected chi connectivity index (χ3v) is 3.98. The van der Waals surface area contributed by atoms with Crippen LogP contribution in [0.15, 0.2) is 10.7 Å². The van der Waals surface area contributed by atoms with E-state index in [0.717, 1.165) is 25.1 Å². The van der Waals surface area contributed by atoms with Gasteiger partial charge in [-0.05, 0) is 26.2 Å². The lowest BCUT2D eigenvalue weighted by Crippen LogP contribution is -2.34. The molecule has 2 rings (SSSR count). The third kappa shape index (κ3) is 2.86. The van der Waals surface area contributed by atoms with Gasteiger partial charge in [-0.15, -0.1) is 0 Å². The zero-order valence-corrected chi connectivity index (χ0v) is 12.6. The molecule has 1 aromatic heterocycles. The highest BCUT2D eigenvalue weighted by Crippen LogP contribution is 2.21. The summed E-state index contributed by atoms with van der Waals surface area (Å²) >= 11 is 0. The zero-order valence-electron chi connectivity index (χ0n) is 12.6. The van der Waals surface area contributed by atoms with E-state index in [9.17, 15) is 9.59 Å². The van der Waals surface area contributed by atoms with Crippen LogP contribution in [0.3, 0.4) is 0 Å². The lowest BCUT2D eigenvalue weighted by molar-refractivity contribution is -0.127. The fourth-order valence-electron chi connectivity index (χ4n) is 2.82. The number of likely N-dealkylation sites (tertiary alicyclic amines) is 1. The predicted molar refractivity (Wildman–Crippen MR) is 75.5 cm³/mol. The van der Waals surface area contributed by atoms with Crippen molar-refractivity contribution >= 4 is 11.8 Å². The quantitative estimate of drug-likeness (QED) is 0.847. The van der Waals surface area contributed by atoms with Gasteiger partial charge < -0.3 is 14.2 Å². The summed E-state index contributed by atoms with van der Waals surface area (Å²) in [4.78, 5) is 27.3. The molecule has 2 heterocycles. The second-order valence-corrected chi connectivity index (χ2v) is 5.66. The Hall–Kier alpha value is -1.78. The summed E-state index contributed by atoms with van der Waals surface area (Å²) in [5.41, 5.74) is 1.53. The van der Waals surface area contributed by atoms with Crippen LogP contribution in [-0.2, 0) is 4.79 Å². The van der Waals surface area contributed by atoms with Gasteiger partial charge in [0.15, 0.2) is 0 Å². The van der Waals surface area contributed by atoms with Gasteiger partial charge in [0.1, 0.15) is 5.76 Å². The number of aryl methyl sites for hydroxylation is 2. The van der Waals surface area contributed by atoms with Crippen molar-refractivity contribution in [2.45, 2.75) is 27.2 Å². The zero-order chi connectivity index (χ0) is 14.9. The number of hydrogen-bond acceptors (Lipinski definition) is 3. The Bertz CT molecular complexity index is 502. The van der Waals surface area contributed by atoms with Crippen LogP contribution in [0.5, 0.6) is 0 Å². The topological polar surface area (TPSA) is 53.8 Å². The average molecular weight is 278 g/mol. The van der Waals surface area contributed by atoms with Gasteiger partial charge in [0.05, 0.1) is 11.8 Å². The Labute approximate surface area is 119 Å². The van der Waals surface area contributed by atoms with Crippen molar-refractivity contribution in [1.82, 2.24) is 9.80 Å². The molecule has 1 atom stereocenters. The Morgan fingerprint density at radius 3 is 2.65 bits per heavy atom. The SMILES string of the molecule is CC(=O)N1CCC(CN(C)C(=O)c2c(C)coc2C)C1. The lowest BCUT2D eigenvalue weighted by Gasteiger charge is -2.21. The van der Waals surface area contributed by atoms with E-state index >= 15 is 0 Å². The first-order valence-electron chi connectivity index (χ1n) is 6.95. The van der Waals surface area contributed by atoms with E-state index in [1.807, 2.05) is 18.9 Å². The number of amides is 2. The number of furan rings is 1. The van der Waals surface area contributed by atoms with Gasteiger partial charge in [-0.25, -0.2) is 0 Å². The molecule has 1 unspecified atom stereocenters. The van der Waals surface area contributed by atoms with Gasteiger partial charge in [-0.3, -0.25) is 9.59 Å². The Morgan fingerprint density at radius 1 is 1.45 bits per heavy atom. The first-order valence-corrected chi connectivity index (χ1v) is 6.95. The minimum absolute atomic E-state index is 0.00461. The maximum atomic E-state index is 12.4. The van der Waals surface area contributed by atoms with Crippen molar-refractivity contribution in [1.29, 1.82) is 0 Å². The second-order valence-electron chi connectivity index (χ2n) is 5.66. The maximum absolute atomic E-state index is 12.4. The summed E-state index contributed by atoms with van der Waals surface area (Å²) in [5, 5.41) is 0. The van der Waals surface area contributed by atoms with Crippen LogP contribution in [0.4, 0.5) is 0 Å². The molecule has 0 spiro atoms. The van der Waals surface area contributed by atoms with E-state index < -0.39 is 0 Å². The molecule has 0 N–H and O–H groups in total. The van der Waals surface area contributed by atoms with Gasteiger partial charge in [0.2, 0.25) is 5.91 Å². The number of carbonyl (C=O) groups is 2. The lowest BCUT2D eigenvalue weighted by atomic mass is 10.1. The molecule has 5 heteroatoms. The first kappa shape index (κ1) is 14.6. The minimum Gasteiger partial charge on any atom is -0.469 e. The number of rotatable bonds is 3. The maximum Gasteiger partial charge on any atom is 0.257 e. The minimum atomic E-state index is -0.00461. The molecule has 0 radical (unpaired) electrons. The fraction of sp³-hybridized carbons (Fsp3) is 0.600. The van der Waals surface area contributed by atoms with E-state index in [1.54, 1.807) is 25.0 Å². The van der Waals surface area contributed by atoms with Crippen molar-refractivity contribution in [2.75, 3.05) is 26.7 Å². The molecule has 0 saturated carbocycles. The summed E-state index contributed by atoms with van der Waals surface area (Å²) in [6.45, 7) is 7.50. The van der Waals surface area contributed by atoms with E-state index in [4.69, 9.17) is 4.42 Å². The Morgan fingerprint density at radius 2 is 2.15 bits per heavy atom. The van der Waals surface area contributed by atoms with Crippen LogP contribution in [0, 0.1) is 19.8 Å². The molecular weight excluding hydrogens is 256 g/mol. The first-order chi connectivity index (χ1) is 9.40. The predicted octanol–water partition coefficient (Wildman–Crippen LogP) is 1.84. The molecule has 5 nitrogen and oxygen atoms in total. The molecular formula is C15H22N2O3. The second kappa shape index (κ2) is 5.69. The van der Waals surface area contributed by atoms with E-state index in [2.05, 4.69) is 0 Å². The number of nitrogens with zero attached hydrogens (tertiary/aromatic N) is 2. The third-order valence-electron chi connectivity index (χ3n) is 3.98. The highest BCUT2D eigenvalue weighted by molar-refractivity contribution is 5.96. The van der Waals surface area contributed by atoms with E-state index in [1.165, 1.54) is 0 Å². The van der Waals surface area contributed by atoms with Gasteiger partial charge in [-0.1, -0.05) is 0 Å². The van der Waals surface area contributed by atoms with Gasteiger partial charge in [0.25, 0.3) is 5.91 Å². The normalized spacial score (nSPS) is 18.4. The van der Waals surface area contributed by atoms with Crippen molar-refractivity contribution in [3.05, 3.63) is 23.2 Å². The monoisotopic (exact) mass is 278 g/mol. The van der Waals surface area contributed by atoms with Gasteiger partial charge in [0, 0.05) is 39.2 Å². The molecule has 2 amide bonds. The molecule has 0 aromatic carbocycles. The van der Waals surface area contributed by atoms with E-state index in [0.29, 0.717) is 23.8 Å².